The standard InChI is InChI=1S/C31H63FO9/c1-2-3-4-5-6-7-8-9-10-11-12-14-33-16-18-35-20-22-37-24-26-39-28-30-41-31-29-40-27-25-38-23-21-36-19-17-34-15-13-32/h2-31H2,1H3. The van der Waals surface area contributed by atoms with E-state index in [0.717, 1.165) is 13.0 Å². The Morgan fingerprint density at radius 1 is 0.268 bits per heavy atom. The van der Waals surface area contributed by atoms with Gasteiger partial charge in [0.2, 0.25) is 0 Å². The minimum atomic E-state index is -0.467. The fraction of sp³-hybridized carbons (Fsp3) is 1.00. The normalized spacial score (nSPS) is 11.6. The summed E-state index contributed by atoms with van der Waals surface area (Å²) >= 11 is 0. The average Bonchev–Trinajstić information content (AvgIpc) is 2.98. The molecule has 0 atom stereocenters. The molecule has 248 valence electrons. The quantitative estimate of drug-likeness (QED) is 0.0866. The fourth-order valence-electron chi connectivity index (χ4n) is 3.78. The van der Waals surface area contributed by atoms with E-state index in [1.165, 1.54) is 64.2 Å². The molecule has 9 nitrogen and oxygen atoms in total. The highest BCUT2D eigenvalue weighted by Gasteiger charge is 1.97. The summed E-state index contributed by atoms with van der Waals surface area (Å²) in [6.07, 6.45) is 14.9. The Kier molecular flexibility index (Phi) is 39.2. The first kappa shape index (κ1) is 40.6. The smallest absolute Gasteiger partial charge is 0.113 e. The zero-order valence-corrected chi connectivity index (χ0v) is 26.3. The minimum Gasteiger partial charge on any atom is -0.379 e. The fourth-order valence-corrected chi connectivity index (χ4v) is 3.78. The molecule has 0 aromatic rings. The number of ether oxygens (including phenoxy) is 9. The molecular weight excluding hydrogens is 535 g/mol. The van der Waals surface area contributed by atoms with Gasteiger partial charge in [0.15, 0.2) is 0 Å². The van der Waals surface area contributed by atoms with E-state index in [4.69, 9.17) is 42.6 Å². The third kappa shape index (κ3) is 39.6. The Labute approximate surface area is 250 Å². The first-order valence-corrected chi connectivity index (χ1v) is 16.2. The largest absolute Gasteiger partial charge is 0.379 e. The molecule has 0 saturated heterocycles. The van der Waals surface area contributed by atoms with Crippen molar-refractivity contribution in [3.05, 3.63) is 0 Å². The lowest BCUT2D eigenvalue weighted by molar-refractivity contribution is -0.0252. The van der Waals surface area contributed by atoms with Crippen LogP contribution >= 0.6 is 0 Å². The Morgan fingerprint density at radius 3 is 0.756 bits per heavy atom. The predicted molar refractivity (Wildman–Crippen MR) is 160 cm³/mol. The molecular formula is C31H63FO9. The van der Waals surface area contributed by atoms with Gasteiger partial charge in [-0.2, -0.15) is 0 Å². The summed E-state index contributed by atoms with van der Waals surface area (Å²) < 4.78 is 60.5. The molecule has 0 amide bonds. The predicted octanol–water partition coefficient (Wildman–Crippen LogP) is 5.42. The van der Waals surface area contributed by atoms with Crippen molar-refractivity contribution in [3.63, 3.8) is 0 Å². The van der Waals surface area contributed by atoms with Gasteiger partial charge in [-0.15, -0.1) is 0 Å². The Bertz CT molecular complexity index is 412. The van der Waals surface area contributed by atoms with Gasteiger partial charge in [0.25, 0.3) is 0 Å². The second kappa shape index (κ2) is 39.6. The molecule has 10 heteroatoms. The van der Waals surface area contributed by atoms with Gasteiger partial charge < -0.3 is 42.6 Å². The van der Waals surface area contributed by atoms with Crippen LogP contribution in [0.15, 0.2) is 0 Å². The number of alkyl halides is 1. The van der Waals surface area contributed by atoms with Crippen LogP contribution in [0.3, 0.4) is 0 Å². The van der Waals surface area contributed by atoms with Gasteiger partial charge in [0, 0.05) is 6.61 Å². The summed E-state index contributed by atoms with van der Waals surface area (Å²) in [6, 6.07) is 0. The number of hydrogen-bond acceptors (Lipinski definition) is 9. The summed E-state index contributed by atoms with van der Waals surface area (Å²) in [4.78, 5) is 0. The summed E-state index contributed by atoms with van der Waals surface area (Å²) in [5.74, 6) is 0. The zero-order valence-electron chi connectivity index (χ0n) is 26.3. The molecule has 0 aromatic carbocycles. The van der Waals surface area contributed by atoms with E-state index in [1.807, 2.05) is 0 Å². The maximum atomic E-state index is 11.8. The second-order valence-corrected chi connectivity index (χ2v) is 9.74. The molecule has 41 heavy (non-hydrogen) atoms. The lowest BCUT2D eigenvalue weighted by atomic mass is 10.1. The van der Waals surface area contributed by atoms with Gasteiger partial charge >= 0.3 is 0 Å². The van der Waals surface area contributed by atoms with Gasteiger partial charge in [-0.3, -0.25) is 0 Å². The van der Waals surface area contributed by atoms with Crippen molar-refractivity contribution < 1.29 is 47.0 Å². The van der Waals surface area contributed by atoms with E-state index >= 15 is 0 Å². The highest BCUT2D eigenvalue weighted by atomic mass is 19.1. The molecule has 0 bridgehead atoms. The zero-order chi connectivity index (χ0) is 29.6. The molecule has 0 aliphatic carbocycles. The molecule has 0 saturated carbocycles. The third-order valence-electron chi connectivity index (χ3n) is 6.09. The monoisotopic (exact) mass is 598 g/mol. The van der Waals surface area contributed by atoms with Crippen molar-refractivity contribution in [2.45, 2.75) is 77.6 Å². The lowest BCUT2D eigenvalue weighted by Gasteiger charge is -2.09. The van der Waals surface area contributed by atoms with Gasteiger partial charge in [0.05, 0.1) is 112 Å². The van der Waals surface area contributed by atoms with Crippen LogP contribution in [0.5, 0.6) is 0 Å². The molecule has 0 heterocycles. The van der Waals surface area contributed by atoms with Crippen molar-refractivity contribution in [3.8, 4) is 0 Å². The Morgan fingerprint density at radius 2 is 0.488 bits per heavy atom. The van der Waals surface area contributed by atoms with E-state index in [0.29, 0.717) is 106 Å². The molecule has 0 fully saturated rings. The summed E-state index contributed by atoms with van der Waals surface area (Å²) in [5, 5.41) is 0. The van der Waals surface area contributed by atoms with E-state index in [2.05, 4.69) is 6.92 Å². The van der Waals surface area contributed by atoms with Crippen LogP contribution in [0.1, 0.15) is 77.6 Å². The molecule has 0 aromatic heterocycles. The SMILES string of the molecule is CCCCCCCCCCCCCOCCOCCOCCOCCOCCOCCOCCOCCOCCF. The molecule has 0 radical (unpaired) electrons. The third-order valence-corrected chi connectivity index (χ3v) is 6.09. The van der Waals surface area contributed by atoms with Crippen LogP contribution in [-0.2, 0) is 42.6 Å². The van der Waals surface area contributed by atoms with Gasteiger partial charge in [-0.05, 0) is 6.42 Å². The van der Waals surface area contributed by atoms with Crippen molar-refractivity contribution in [1.82, 2.24) is 0 Å². The molecule has 0 aliphatic heterocycles. The van der Waals surface area contributed by atoms with E-state index < -0.39 is 6.67 Å². The summed E-state index contributed by atoms with van der Waals surface area (Å²) in [5.41, 5.74) is 0. The van der Waals surface area contributed by atoms with E-state index in [-0.39, 0.29) is 6.61 Å². The minimum absolute atomic E-state index is 0.121. The van der Waals surface area contributed by atoms with Crippen LogP contribution in [0.4, 0.5) is 4.39 Å². The highest BCUT2D eigenvalue weighted by Crippen LogP contribution is 2.11. The van der Waals surface area contributed by atoms with Crippen molar-refractivity contribution in [1.29, 1.82) is 0 Å². The number of hydrogen-bond donors (Lipinski definition) is 0. The first-order valence-electron chi connectivity index (χ1n) is 16.2. The van der Waals surface area contributed by atoms with Crippen LogP contribution in [0, 0.1) is 0 Å². The molecule has 0 unspecified atom stereocenters. The van der Waals surface area contributed by atoms with Crippen molar-refractivity contribution in [2.24, 2.45) is 0 Å². The lowest BCUT2D eigenvalue weighted by Crippen LogP contribution is -2.15. The highest BCUT2D eigenvalue weighted by molar-refractivity contribution is 4.48. The molecule has 0 spiro atoms. The topological polar surface area (TPSA) is 83.1 Å². The molecule has 0 aliphatic rings. The maximum Gasteiger partial charge on any atom is 0.113 e. The van der Waals surface area contributed by atoms with Crippen molar-refractivity contribution >= 4 is 0 Å². The second-order valence-electron chi connectivity index (χ2n) is 9.74. The summed E-state index contributed by atoms with van der Waals surface area (Å²) in [7, 11) is 0. The van der Waals surface area contributed by atoms with E-state index in [1.54, 1.807) is 0 Å². The molecule has 0 rings (SSSR count). The number of halogens is 1. The maximum absolute atomic E-state index is 11.8. The van der Waals surface area contributed by atoms with Crippen LogP contribution < -0.4 is 0 Å². The van der Waals surface area contributed by atoms with Gasteiger partial charge in [-0.25, -0.2) is 4.39 Å². The van der Waals surface area contributed by atoms with Crippen LogP contribution in [0.2, 0.25) is 0 Å². The molecule has 0 N–H and O–H groups in total. The first-order chi connectivity index (χ1) is 20.4. The van der Waals surface area contributed by atoms with Crippen LogP contribution in [0.25, 0.3) is 0 Å². The average molecular weight is 599 g/mol. The van der Waals surface area contributed by atoms with Crippen molar-refractivity contribution in [2.75, 3.05) is 126 Å². The van der Waals surface area contributed by atoms with Gasteiger partial charge in [0.1, 0.15) is 6.67 Å². The number of unbranched alkanes of at least 4 members (excludes halogenated alkanes) is 10. The van der Waals surface area contributed by atoms with Crippen LogP contribution in [-0.4, -0.2) is 126 Å². The van der Waals surface area contributed by atoms with Gasteiger partial charge in [-0.1, -0.05) is 71.1 Å². The summed E-state index contributed by atoms with van der Waals surface area (Å²) in [6.45, 7) is 11.1. The Balaban J connectivity index is 3.02. The number of rotatable bonds is 38. The Hall–Kier alpha value is -0.430. The van der Waals surface area contributed by atoms with E-state index in [9.17, 15) is 4.39 Å².